The highest BCUT2D eigenvalue weighted by Crippen LogP contribution is 2.27. The fraction of sp³-hybridized carbons (Fsp3) is 0.167. The zero-order valence-corrected chi connectivity index (χ0v) is 10.2. The van der Waals surface area contributed by atoms with Crippen molar-refractivity contribution in [2.45, 2.75) is 13.8 Å². The molecule has 15 heavy (non-hydrogen) atoms. The van der Waals surface area contributed by atoms with Gasteiger partial charge in [-0.15, -0.1) is 0 Å². The maximum absolute atomic E-state index is 4.45. The Morgan fingerprint density at radius 2 is 1.67 bits per heavy atom. The van der Waals surface area contributed by atoms with E-state index >= 15 is 0 Å². The molecule has 0 aliphatic carbocycles. The Labute approximate surface area is 97.5 Å². The first-order chi connectivity index (χ1) is 7.18. The molecule has 76 valence electrons. The summed E-state index contributed by atoms with van der Waals surface area (Å²) in [5.41, 5.74) is 3.04. The van der Waals surface area contributed by atoms with Crippen LogP contribution in [0.2, 0.25) is 0 Å². The van der Waals surface area contributed by atoms with Gasteiger partial charge in [-0.1, -0.05) is 30.3 Å². The quantitative estimate of drug-likeness (QED) is 0.786. The van der Waals surface area contributed by atoms with E-state index in [1.54, 1.807) is 0 Å². The van der Waals surface area contributed by atoms with E-state index in [2.05, 4.69) is 25.9 Å². The summed E-state index contributed by atoms with van der Waals surface area (Å²) in [7, 11) is 0. The summed E-state index contributed by atoms with van der Waals surface area (Å²) in [5.74, 6) is 0.801. The molecule has 2 aromatic rings. The van der Waals surface area contributed by atoms with Gasteiger partial charge in [-0.3, -0.25) is 0 Å². The number of halogens is 1. The van der Waals surface area contributed by atoms with Crippen molar-refractivity contribution in [3.63, 3.8) is 0 Å². The lowest BCUT2D eigenvalue weighted by Gasteiger charge is -2.06. The molecule has 0 saturated carbocycles. The standard InChI is InChI=1S/C12H11BrN2/c1-8-11(13)12(15-9(2)14-8)10-6-4-3-5-7-10/h3-7H,1-2H3. The molecular formula is C12H11BrN2. The summed E-state index contributed by atoms with van der Waals surface area (Å²) >= 11 is 3.53. The second kappa shape index (κ2) is 4.11. The first kappa shape index (κ1) is 10.3. The van der Waals surface area contributed by atoms with Crippen LogP contribution in [0.25, 0.3) is 11.3 Å². The van der Waals surface area contributed by atoms with Crippen LogP contribution in [0.3, 0.4) is 0 Å². The summed E-state index contributed by atoms with van der Waals surface area (Å²) in [6.07, 6.45) is 0. The third kappa shape index (κ3) is 2.07. The molecule has 0 atom stereocenters. The van der Waals surface area contributed by atoms with E-state index in [-0.39, 0.29) is 0 Å². The highest BCUT2D eigenvalue weighted by molar-refractivity contribution is 9.10. The Hall–Kier alpha value is -1.22. The molecule has 0 saturated heterocycles. The lowest BCUT2D eigenvalue weighted by Crippen LogP contribution is -1.96. The number of nitrogens with zero attached hydrogens (tertiary/aromatic N) is 2. The van der Waals surface area contributed by atoms with Gasteiger partial charge in [-0.25, -0.2) is 9.97 Å². The molecule has 2 rings (SSSR count). The van der Waals surface area contributed by atoms with Crippen LogP contribution in [0.1, 0.15) is 11.5 Å². The molecular weight excluding hydrogens is 252 g/mol. The molecule has 0 radical (unpaired) electrons. The van der Waals surface area contributed by atoms with Crippen LogP contribution in [0.4, 0.5) is 0 Å². The third-order valence-electron chi connectivity index (χ3n) is 2.18. The highest BCUT2D eigenvalue weighted by atomic mass is 79.9. The lowest BCUT2D eigenvalue weighted by molar-refractivity contribution is 1.00. The van der Waals surface area contributed by atoms with Crippen molar-refractivity contribution in [3.05, 3.63) is 46.3 Å². The number of benzene rings is 1. The van der Waals surface area contributed by atoms with Gasteiger partial charge in [-0.2, -0.15) is 0 Å². The number of rotatable bonds is 1. The van der Waals surface area contributed by atoms with Crippen LogP contribution in [0, 0.1) is 13.8 Å². The first-order valence-electron chi connectivity index (χ1n) is 4.74. The minimum Gasteiger partial charge on any atom is -0.237 e. The maximum atomic E-state index is 4.45. The van der Waals surface area contributed by atoms with Crippen molar-refractivity contribution in [1.29, 1.82) is 0 Å². The summed E-state index contributed by atoms with van der Waals surface area (Å²) in [6.45, 7) is 3.89. The molecule has 0 N–H and O–H groups in total. The fourth-order valence-corrected chi connectivity index (χ4v) is 1.89. The molecule has 1 aromatic heterocycles. The van der Waals surface area contributed by atoms with Crippen molar-refractivity contribution >= 4 is 15.9 Å². The average Bonchev–Trinajstić information content (AvgIpc) is 2.24. The van der Waals surface area contributed by atoms with E-state index < -0.39 is 0 Å². The highest BCUT2D eigenvalue weighted by Gasteiger charge is 2.08. The van der Waals surface area contributed by atoms with Crippen molar-refractivity contribution < 1.29 is 0 Å². The van der Waals surface area contributed by atoms with Crippen LogP contribution in [0.15, 0.2) is 34.8 Å². The summed E-state index contributed by atoms with van der Waals surface area (Å²) in [5, 5.41) is 0. The minimum atomic E-state index is 0.801. The Bertz CT molecular complexity index is 480. The van der Waals surface area contributed by atoms with Gasteiger partial charge in [0.1, 0.15) is 5.82 Å². The molecule has 1 aromatic carbocycles. The molecule has 0 amide bonds. The molecule has 0 aliphatic heterocycles. The topological polar surface area (TPSA) is 25.8 Å². The van der Waals surface area contributed by atoms with E-state index in [1.807, 2.05) is 44.2 Å². The van der Waals surface area contributed by atoms with Gasteiger partial charge in [0.25, 0.3) is 0 Å². The Morgan fingerprint density at radius 1 is 1.00 bits per heavy atom. The number of aryl methyl sites for hydroxylation is 2. The van der Waals surface area contributed by atoms with Crippen molar-refractivity contribution in [2.75, 3.05) is 0 Å². The lowest BCUT2D eigenvalue weighted by atomic mass is 10.1. The van der Waals surface area contributed by atoms with E-state index in [0.717, 1.165) is 27.2 Å². The van der Waals surface area contributed by atoms with Crippen molar-refractivity contribution in [3.8, 4) is 11.3 Å². The first-order valence-corrected chi connectivity index (χ1v) is 5.54. The summed E-state index contributed by atoms with van der Waals surface area (Å²) in [6, 6.07) is 10.1. The number of hydrogen-bond donors (Lipinski definition) is 0. The fourth-order valence-electron chi connectivity index (χ4n) is 1.49. The minimum absolute atomic E-state index is 0.801. The second-order valence-corrected chi connectivity index (χ2v) is 4.18. The molecule has 1 heterocycles. The van der Waals surface area contributed by atoms with Crippen LogP contribution < -0.4 is 0 Å². The van der Waals surface area contributed by atoms with Gasteiger partial charge in [0.05, 0.1) is 15.9 Å². The molecule has 0 aliphatic rings. The average molecular weight is 263 g/mol. The summed E-state index contributed by atoms with van der Waals surface area (Å²) in [4.78, 5) is 8.75. The smallest absolute Gasteiger partial charge is 0.126 e. The summed E-state index contributed by atoms with van der Waals surface area (Å²) < 4.78 is 0.972. The second-order valence-electron chi connectivity index (χ2n) is 3.38. The zero-order chi connectivity index (χ0) is 10.8. The van der Waals surface area contributed by atoms with Gasteiger partial charge in [0.2, 0.25) is 0 Å². The molecule has 0 fully saturated rings. The molecule has 0 spiro atoms. The van der Waals surface area contributed by atoms with E-state index in [0.29, 0.717) is 0 Å². The van der Waals surface area contributed by atoms with Crippen LogP contribution >= 0.6 is 15.9 Å². The van der Waals surface area contributed by atoms with Crippen molar-refractivity contribution in [1.82, 2.24) is 9.97 Å². The monoisotopic (exact) mass is 262 g/mol. The predicted octanol–water partition coefficient (Wildman–Crippen LogP) is 3.52. The Kier molecular flexibility index (Phi) is 2.82. The molecule has 3 heteroatoms. The normalized spacial score (nSPS) is 10.3. The number of aromatic nitrogens is 2. The van der Waals surface area contributed by atoms with E-state index in [1.165, 1.54) is 0 Å². The molecule has 0 bridgehead atoms. The van der Waals surface area contributed by atoms with Crippen LogP contribution in [-0.2, 0) is 0 Å². The number of hydrogen-bond acceptors (Lipinski definition) is 2. The van der Waals surface area contributed by atoms with Gasteiger partial charge in [0.15, 0.2) is 0 Å². The van der Waals surface area contributed by atoms with Gasteiger partial charge < -0.3 is 0 Å². The Morgan fingerprint density at radius 3 is 2.33 bits per heavy atom. The van der Waals surface area contributed by atoms with Crippen LogP contribution in [-0.4, -0.2) is 9.97 Å². The van der Waals surface area contributed by atoms with E-state index in [4.69, 9.17) is 0 Å². The SMILES string of the molecule is Cc1nc(C)c(Br)c(-c2ccccc2)n1. The van der Waals surface area contributed by atoms with E-state index in [9.17, 15) is 0 Å². The molecule has 0 unspecified atom stereocenters. The largest absolute Gasteiger partial charge is 0.237 e. The van der Waals surface area contributed by atoms with Gasteiger partial charge >= 0.3 is 0 Å². The maximum Gasteiger partial charge on any atom is 0.126 e. The van der Waals surface area contributed by atoms with Crippen LogP contribution in [0.5, 0.6) is 0 Å². The Balaban J connectivity index is 2.63. The zero-order valence-electron chi connectivity index (χ0n) is 8.66. The predicted molar refractivity (Wildman–Crippen MR) is 64.6 cm³/mol. The van der Waals surface area contributed by atoms with Crippen molar-refractivity contribution in [2.24, 2.45) is 0 Å². The molecule has 2 nitrogen and oxygen atoms in total. The van der Waals surface area contributed by atoms with Gasteiger partial charge in [0, 0.05) is 5.56 Å². The third-order valence-corrected chi connectivity index (χ3v) is 3.13. The van der Waals surface area contributed by atoms with Gasteiger partial charge in [-0.05, 0) is 29.8 Å².